The second-order valence-electron chi connectivity index (χ2n) is 9.10. The molecular formula is C22H31NO2. The summed E-state index contributed by atoms with van der Waals surface area (Å²) >= 11 is 0. The van der Waals surface area contributed by atoms with E-state index in [-0.39, 0.29) is 28.9 Å². The van der Waals surface area contributed by atoms with Gasteiger partial charge in [0.25, 0.3) is 0 Å². The van der Waals surface area contributed by atoms with Crippen LogP contribution in [0.4, 0.5) is 0 Å². The minimum Gasteiger partial charge on any atom is -0.373 e. The molecule has 5 atom stereocenters. The molecule has 3 heteroatoms. The molecular weight excluding hydrogens is 310 g/mol. The lowest BCUT2D eigenvalue weighted by Crippen LogP contribution is -2.58. The van der Waals surface area contributed by atoms with Crippen LogP contribution in [0, 0.1) is 29.6 Å². The van der Waals surface area contributed by atoms with Gasteiger partial charge in [-0.25, -0.2) is 0 Å². The van der Waals surface area contributed by atoms with E-state index in [0.29, 0.717) is 18.3 Å². The highest BCUT2D eigenvalue weighted by molar-refractivity contribution is 5.76. The van der Waals surface area contributed by atoms with Crippen LogP contribution in [0.1, 0.15) is 63.7 Å². The lowest BCUT2D eigenvalue weighted by molar-refractivity contribution is -0.137. The summed E-state index contributed by atoms with van der Waals surface area (Å²) in [5.74, 6) is 1.38. The smallest absolute Gasteiger partial charge is 0.219 e. The summed E-state index contributed by atoms with van der Waals surface area (Å²) in [4.78, 5) is 12.2. The van der Waals surface area contributed by atoms with E-state index in [1.165, 1.54) is 24.0 Å². The van der Waals surface area contributed by atoms with Gasteiger partial charge in [0.15, 0.2) is 0 Å². The van der Waals surface area contributed by atoms with E-state index < -0.39 is 0 Å². The van der Waals surface area contributed by atoms with Crippen LogP contribution in [-0.4, -0.2) is 18.6 Å². The highest BCUT2D eigenvalue weighted by Crippen LogP contribution is 2.70. The van der Waals surface area contributed by atoms with Crippen molar-refractivity contribution in [3.05, 3.63) is 35.4 Å². The first-order valence-electron chi connectivity index (χ1n) is 9.86. The van der Waals surface area contributed by atoms with Crippen LogP contribution >= 0.6 is 0 Å². The minimum atomic E-state index is 0.177. The van der Waals surface area contributed by atoms with Gasteiger partial charge in [0.2, 0.25) is 5.91 Å². The summed E-state index contributed by atoms with van der Waals surface area (Å²) in [5.41, 5.74) is 2.97. The quantitative estimate of drug-likeness (QED) is 0.885. The zero-order valence-corrected chi connectivity index (χ0v) is 16.0. The number of ether oxygens (including phenoxy) is 1. The molecule has 1 spiro atoms. The molecule has 0 radical (unpaired) electrons. The molecule has 0 aromatic heterocycles. The number of aryl methyl sites for hydroxylation is 1. The highest BCUT2D eigenvalue weighted by Gasteiger charge is 2.68. The second kappa shape index (κ2) is 5.84. The van der Waals surface area contributed by atoms with E-state index in [2.05, 4.69) is 50.4 Å². The molecule has 1 saturated heterocycles. The van der Waals surface area contributed by atoms with Crippen molar-refractivity contribution < 1.29 is 9.53 Å². The second-order valence-corrected chi connectivity index (χ2v) is 9.10. The normalized spacial score (nSPS) is 38.4. The van der Waals surface area contributed by atoms with Crippen molar-refractivity contribution in [3.8, 4) is 0 Å². The molecule has 4 rings (SSSR count). The van der Waals surface area contributed by atoms with Gasteiger partial charge in [0, 0.05) is 19.1 Å². The zero-order valence-electron chi connectivity index (χ0n) is 16.0. The number of fused-ring (bicyclic) bond motifs is 1. The van der Waals surface area contributed by atoms with Crippen LogP contribution in [0.25, 0.3) is 0 Å². The van der Waals surface area contributed by atoms with Crippen LogP contribution < -0.4 is 5.32 Å². The van der Waals surface area contributed by atoms with E-state index >= 15 is 0 Å². The summed E-state index contributed by atoms with van der Waals surface area (Å²) in [6, 6.07) is 9.11. The number of carbonyl (C=O) groups excluding carboxylic acids is 1. The Kier molecular flexibility index (Phi) is 3.99. The molecule has 2 aliphatic carbocycles. The SMILES string of the molecule is CCC(=O)N[C@H]1C(C)(C)[C@@H]2C[C@@H]3[C@@H](c4ccc(C)cc4)OCC[C@@]31C2. The Morgan fingerprint density at radius 2 is 2.00 bits per heavy atom. The van der Waals surface area contributed by atoms with Crippen molar-refractivity contribution >= 4 is 5.91 Å². The molecule has 1 amide bonds. The molecule has 3 nitrogen and oxygen atoms in total. The lowest BCUT2D eigenvalue weighted by Gasteiger charge is -2.53. The number of benzene rings is 1. The zero-order chi connectivity index (χ0) is 17.8. The van der Waals surface area contributed by atoms with E-state index in [4.69, 9.17) is 4.74 Å². The van der Waals surface area contributed by atoms with Crippen molar-refractivity contribution in [3.63, 3.8) is 0 Å². The highest BCUT2D eigenvalue weighted by atomic mass is 16.5. The van der Waals surface area contributed by atoms with Gasteiger partial charge in [-0.1, -0.05) is 50.6 Å². The summed E-state index contributed by atoms with van der Waals surface area (Å²) in [5, 5.41) is 3.43. The van der Waals surface area contributed by atoms with Crippen molar-refractivity contribution in [2.45, 2.75) is 65.5 Å². The van der Waals surface area contributed by atoms with Gasteiger partial charge in [-0.15, -0.1) is 0 Å². The van der Waals surface area contributed by atoms with E-state index in [1.807, 2.05) is 6.92 Å². The van der Waals surface area contributed by atoms with Gasteiger partial charge in [0.1, 0.15) is 0 Å². The number of hydrogen-bond acceptors (Lipinski definition) is 2. The average Bonchev–Trinajstić information content (AvgIpc) is 3.08. The van der Waals surface area contributed by atoms with Crippen LogP contribution in [0.15, 0.2) is 24.3 Å². The molecule has 3 aliphatic rings. The van der Waals surface area contributed by atoms with Gasteiger partial charge in [-0.2, -0.15) is 0 Å². The summed E-state index contributed by atoms with van der Waals surface area (Å²) in [6.45, 7) is 9.60. The van der Waals surface area contributed by atoms with Crippen LogP contribution in [-0.2, 0) is 9.53 Å². The Hall–Kier alpha value is -1.35. The van der Waals surface area contributed by atoms with Gasteiger partial charge in [0.05, 0.1) is 6.10 Å². The fourth-order valence-electron chi connectivity index (χ4n) is 6.14. The number of hydrogen-bond donors (Lipinski definition) is 1. The standard InChI is InChI=1S/C22H31NO2/c1-5-18(24)23-20-21(3,4)16-12-17-19(15-8-6-14(2)7-9-15)25-11-10-22(17,20)13-16/h6-9,16-17,19-20H,5,10-13H2,1-4H3,(H,23,24)/t16-,17-,19-,20+,22-/m1/s1. The molecule has 1 aromatic rings. The first-order chi connectivity index (χ1) is 11.9. The average molecular weight is 341 g/mol. The molecule has 1 aliphatic heterocycles. The van der Waals surface area contributed by atoms with Crippen molar-refractivity contribution in [2.75, 3.05) is 6.61 Å². The van der Waals surface area contributed by atoms with Gasteiger partial charge >= 0.3 is 0 Å². The third kappa shape index (κ3) is 2.46. The van der Waals surface area contributed by atoms with E-state index in [0.717, 1.165) is 13.0 Å². The first-order valence-corrected chi connectivity index (χ1v) is 9.86. The van der Waals surface area contributed by atoms with Crippen molar-refractivity contribution in [2.24, 2.45) is 22.7 Å². The third-order valence-corrected chi connectivity index (χ3v) is 7.54. The molecule has 2 saturated carbocycles. The topological polar surface area (TPSA) is 38.3 Å². The number of amides is 1. The molecule has 3 fully saturated rings. The van der Waals surface area contributed by atoms with Gasteiger partial charge in [-0.3, -0.25) is 4.79 Å². The fourth-order valence-corrected chi connectivity index (χ4v) is 6.14. The van der Waals surface area contributed by atoms with Crippen LogP contribution in [0.3, 0.4) is 0 Å². The maximum atomic E-state index is 12.2. The Morgan fingerprint density at radius 3 is 2.68 bits per heavy atom. The van der Waals surface area contributed by atoms with E-state index in [9.17, 15) is 4.79 Å². The van der Waals surface area contributed by atoms with E-state index in [1.54, 1.807) is 0 Å². The number of carbonyl (C=O) groups is 1. The fraction of sp³-hybridized carbons (Fsp3) is 0.682. The maximum absolute atomic E-state index is 12.2. The Bertz CT molecular complexity index is 665. The molecule has 2 bridgehead atoms. The third-order valence-electron chi connectivity index (χ3n) is 7.54. The van der Waals surface area contributed by atoms with Gasteiger partial charge < -0.3 is 10.1 Å². The van der Waals surface area contributed by atoms with Crippen molar-refractivity contribution in [1.82, 2.24) is 5.32 Å². The number of nitrogens with one attached hydrogen (secondary N) is 1. The summed E-state index contributed by atoms with van der Waals surface area (Å²) in [7, 11) is 0. The minimum absolute atomic E-state index is 0.177. The lowest BCUT2D eigenvalue weighted by atomic mass is 9.59. The van der Waals surface area contributed by atoms with Gasteiger partial charge in [-0.05, 0) is 54.4 Å². The largest absolute Gasteiger partial charge is 0.373 e. The monoisotopic (exact) mass is 341 g/mol. The number of rotatable bonds is 3. The molecule has 1 heterocycles. The van der Waals surface area contributed by atoms with Crippen molar-refractivity contribution in [1.29, 1.82) is 0 Å². The molecule has 1 N–H and O–H groups in total. The van der Waals surface area contributed by atoms with Crippen LogP contribution in [0.2, 0.25) is 0 Å². The first kappa shape index (κ1) is 17.1. The summed E-state index contributed by atoms with van der Waals surface area (Å²) in [6.07, 6.45) is 4.29. The Morgan fingerprint density at radius 1 is 1.28 bits per heavy atom. The molecule has 1 aromatic carbocycles. The Labute approximate surface area is 151 Å². The predicted octanol–water partition coefficient (Wildman–Crippen LogP) is 4.40. The molecule has 136 valence electrons. The molecule has 0 unspecified atom stereocenters. The van der Waals surface area contributed by atoms with Crippen LogP contribution in [0.5, 0.6) is 0 Å². The summed E-state index contributed by atoms with van der Waals surface area (Å²) < 4.78 is 6.30. The maximum Gasteiger partial charge on any atom is 0.219 e. The molecule has 25 heavy (non-hydrogen) atoms. The Balaban J connectivity index is 1.69. The predicted molar refractivity (Wildman–Crippen MR) is 99.1 cm³/mol.